The third-order valence-corrected chi connectivity index (χ3v) is 3.69. The first-order valence-electron chi connectivity index (χ1n) is 7.31. The van der Waals surface area contributed by atoms with Crippen LogP contribution in [0, 0.1) is 0 Å². The Morgan fingerprint density at radius 3 is 2.95 bits per heavy atom. The normalized spacial score (nSPS) is 21.2. The first kappa shape index (κ1) is 14.8. The van der Waals surface area contributed by atoms with E-state index in [9.17, 15) is 4.79 Å². The largest absolute Gasteiger partial charge is 0.423 e. The number of benzene rings is 1. The lowest BCUT2D eigenvalue weighted by atomic mass is 10.2. The van der Waals surface area contributed by atoms with E-state index in [0.29, 0.717) is 35.8 Å². The Balaban J connectivity index is 1.72. The number of nitrogens with zero attached hydrogens (tertiary/aromatic N) is 2. The number of hydrogen-bond donors (Lipinski definition) is 2. The second-order valence-corrected chi connectivity index (χ2v) is 5.62. The highest BCUT2D eigenvalue weighted by Gasteiger charge is 2.29. The third kappa shape index (κ3) is 2.90. The molecule has 0 unspecified atom stereocenters. The minimum Gasteiger partial charge on any atom is -0.423 e. The van der Waals surface area contributed by atoms with Gasteiger partial charge in [-0.3, -0.25) is 4.79 Å². The fourth-order valence-corrected chi connectivity index (χ4v) is 2.48. The Labute approximate surface area is 128 Å². The number of anilines is 2. The zero-order chi connectivity index (χ0) is 15.7. The van der Waals surface area contributed by atoms with E-state index < -0.39 is 6.10 Å². The van der Waals surface area contributed by atoms with Crippen LogP contribution < -0.4 is 16.0 Å². The molecule has 118 valence electrons. The Morgan fingerprint density at radius 2 is 2.27 bits per heavy atom. The van der Waals surface area contributed by atoms with Gasteiger partial charge < -0.3 is 25.1 Å². The SMILES string of the molecule is CN(C)c1nc2cc(NC(=O)[C@@H]3CC[C@H](CN)O3)ccc2o1. The summed E-state index contributed by atoms with van der Waals surface area (Å²) in [6, 6.07) is 5.91. The predicted octanol–water partition coefficient (Wildman–Crippen LogP) is 1.34. The summed E-state index contributed by atoms with van der Waals surface area (Å²) in [6.07, 6.45) is 1.07. The van der Waals surface area contributed by atoms with Crippen molar-refractivity contribution in [2.75, 3.05) is 30.9 Å². The molecule has 1 aliphatic rings. The quantitative estimate of drug-likeness (QED) is 0.885. The summed E-state index contributed by atoms with van der Waals surface area (Å²) in [5.41, 5.74) is 7.62. The fraction of sp³-hybridized carbons (Fsp3) is 0.467. The third-order valence-electron chi connectivity index (χ3n) is 3.69. The molecule has 1 aliphatic heterocycles. The zero-order valence-electron chi connectivity index (χ0n) is 12.7. The van der Waals surface area contributed by atoms with Crippen LogP contribution in [-0.4, -0.2) is 43.7 Å². The molecule has 0 saturated carbocycles. The number of nitrogens with two attached hydrogens (primary N) is 1. The maximum atomic E-state index is 12.2. The Kier molecular flexibility index (Phi) is 4.00. The van der Waals surface area contributed by atoms with Crippen molar-refractivity contribution in [3.8, 4) is 0 Å². The van der Waals surface area contributed by atoms with Gasteiger partial charge in [0, 0.05) is 26.3 Å². The maximum absolute atomic E-state index is 12.2. The molecule has 0 bridgehead atoms. The van der Waals surface area contributed by atoms with E-state index in [1.165, 1.54) is 0 Å². The molecule has 3 N–H and O–H groups in total. The number of carbonyl (C=O) groups excluding carboxylic acids is 1. The topological polar surface area (TPSA) is 93.6 Å². The Bertz CT molecular complexity index is 682. The fourth-order valence-electron chi connectivity index (χ4n) is 2.48. The van der Waals surface area contributed by atoms with Crippen molar-refractivity contribution in [1.29, 1.82) is 0 Å². The van der Waals surface area contributed by atoms with Gasteiger partial charge in [0.15, 0.2) is 5.58 Å². The molecule has 0 radical (unpaired) electrons. The average Bonchev–Trinajstić information content (AvgIpc) is 3.13. The molecular formula is C15H20N4O3. The number of hydrogen-bond acceptors (Lipinski definition) is 6. The summed E-state index contributed by atoms with van der Waals surface area (Å²) < 4.78 is 11.2. The van der Waals surface area contributed by atoms with Crippen LogP contribution in [0.5, 0.6) is 0 Å². The van der Waals surface area contributed by atoms with Crippen LogP contribution in [0.3, 0.4) is 0 Å². The number of carbonyl (C=O) groups is 1. The Hall–Kier alpha value is -2.12. The van der Waals surface area contributed by atoms with E-state index in [1.54, 1.807) is 23.1 Å². The van der Waals surface area contributed by atoms with Crippen LogP contribution in [0.25, 0.3) is 11.1 Å². The highest BCUT2D eigenvalue weighted by atomic mass is 16.5. The monoisotopic (exact) mass is 304 g/mol. The van der Waals surface area contributed by atoms with Gasteiger partial charge in [0.25, 0.3) is 11.9 Å². The molecule has 1 amide bonds. The average molecular weight is 304 g/mol. The zero-order valence-corrected chi connectivity index (χ0v) is 12.7. The van der Waals surface area contributed by atoms with Crippen LogP contribution in [0.4, 0.5) is 11.7 Å². The summed E-state index contributed by atoms with van der Waals surface area (Å²) in [5, 5.41) is 2.86. The molecular weight excluding hydrogens is 284 g/mol. The van der Waals surface area contributed by atoms with Gasteiger partial charge in [0.05, 0.1) is 6.10 Å². The van der Waals surface area contributed by atoms with Crippen LogP contribution in [0.15, 0.2) is 22.6 Å². The smallest absolute Gasteiger partial charge is 0.297 e. The Morgan fingerprint density at radius 1 is 1.45 bits per heavy atom. The van der Waals surface area contributed by atoms with E-state index in [4.69, 9.17) is 14.9 Å². The molecule has 2 heterocycles. The van der Waals surface area contributed by atoms with Gasteiger partial charge in [-0.2, -0.15) is 4.98 Å². The number of nitrogens with one attached hydrogen (secondary N) is 1. The van der Waals surface area contributed by atoms with Crippen LogP contribution in [0.2, 0.25) is 0 Å². The van der Waals surface area contributed by atoms with Gasteiger partial charge in [-0.25, -0.2) is 0 Å². The summed E-state index contributed by atoms with van der Waals surface area (Å²) in [7, 11) is 3.72. The van der Waals surface area contributed by atoms with Crippen LogP contribution >= 0.6 is 0 Å². The summed E-state index contributed by atoms with van der Waals surface area (Å²) in [4.78, 5) is 18.3. The minimum atomic E-state index is -0.432. The number of fused-ring (bicyclic) bond motifs is 1. The van der Waals surface area contributed by atoms with Gasteiger partial charge in [-0.05, 0) is 31.0 Å². The van der Waals surface area contributed by atoms with E-state index >= 15 is 0 Å². The van der Waals surface area contributed by atoms with E-state index in [0.717, 1.165) is 6.42 Å². The molecule has 7 nitrogen and oxygen atoms in total. The van der Waals surface area contributed by atoms with Crippen molar-refractivity contribution in [2.24, 2.45) is 5.73 Å². The van der Waals surface area contributed by atoms with Crippen molar-refractivity contribution >= 4 is 28.7 Å². The number of amides is 1. The van der Waals surface area contributed by atoms with Gasteiger partial charge in [-0.1, -0.05) is 0 Å². The van der Waals surface area contributed by atoms with E-state index in [1.807, 2.05) is 14.1 Å². The number of oxazole rings is 1. The summed E-state index contributed by atoms with van der Waals surface area (Å²) in [5.74, 6) is -0.147. The van der Waals surface area contributed by atoms with Gasteiger partial charge in [-0.15, -0.1) is 0 Å². The van der Waals surface area contributed by atoms with Crippen molar-refractivity contribution in [1.82, 2.24) is 4.98 Å². The standard InChI is InChI=1S/C15H20N4O3/c1-19(2)15-18-11-7-9(3-5-12(11)22-15)17-14(20)13-6-4-10(8-16)21-13/h3,5,7,10,13H,4,6,8,16H2,1-2H3,(H,17,20)/t10-,13+/m1/s1. The van der Waals surface area contributed by atoms with Crippen LogP contribution in [-0.2, 0) is 9.53 Å². The first-order valence-corrected chi connectivity index (χ1v) is 7.31. The van der Waals surface area contributed by atoms with E-state index in [-0.39, 0.29) is 12.0 Å². The summed E-state index contributed by atoms with van der Waals surface area (Å²) in [6.45, 7) is 0.446. The van der Waals surface area contributed by atoms with Crippen molar-refractivity contribution in [2.45, 2.75) is 25.0 Å². The summed E-state index contributed by atoms with van der Waals surface area (Å²) >= 11 is 0. The molecule has 2 aromatic rings. The molecule has 7 heteroatoms. The van der Waals surface area contributed by atoms with Crippen molar-refractivity contribution in [3.05, 3.63) is 18.2 Å². The van der Waals surface area contributed by atoms with E-state index in [2.05, 4.69) is 10.3 Å². The lowest BCUT2D eigenvalue weighted by Gasteiger charge is -2.12. The highest BCUT2D eigenvalue weighted by Crippen LogP contribution is 2.25. The molecule has 22 heavy (non-hydrogen) atoms. The maximum Gasteiger partial charge on any atom is 0.297 e. The van der Waals surface area contributed by atoms with Crippen molar-refractivity contribution in [3.63, 3.8) is 0 Å². The molecule has 0 spiro atoms. The first-order chi connectivity index (χ1) is 10.6. The predicted molar refractivity (Wildman–Crippen MR) is 83.9 cm³/mol. The molecule has 3 rings (SSSR count). The van der Waals surface area contributed by atoms with Crippen LogP contribution in [0.1, 0.15) is 12.8 Å². The van der Waals surface area contributed by atoms with Gasteiger partial charge in [0.2, 0.25) is 0 Å². The molecule has 0 aliphatic carbocycles. The molecule has 2 atom stereocenters. The lowest BCUT2D eigenvalue weighted by molar-refractivity contribution is -0.126. The molecule has 1 saturated heterocycles. The van der Waals surface area contributed by atoms with Gasteiger partial charge in [0.1, 0.15) is 11.6 Å². The lowest BCUT2D eigenvalue weighted by Crippen LogP contribution is -2.29. The number of rotatable bonds is 4. The second kappa shape index (κ2) is 5.94. The number of ether oxygens (including phenoxy) is 1. The molecule has 1 aromatic carbocycles. The molecule has 1 aromatic heterocycles. The highest BCUT2D eigenvalue weighted by molar-refractivity contribution is 5.96. The van der Waals surface area contributed by atoms with Crippen molar-refractivity contribution < 1.29 is 13.9 Å². The van der Waals surface area contributed by atoms with Gasteiger partial charge >= 0.3 is 0 Å². The number of aromatic nitrogens is 1. The minimum absolute atomic E-state index is 0.0172. The molecule has 1 fully saturated rings. The second-order valence-electron chi connectivity index (χ2n) is 5.62.